The maximum Gasteiger partial charge on any atom is 0.237 e. The zero-order valence-electron chi connectivity index (χ0n) is 17.7. The lowest BCUT2D eigenvalue weighted by Crippen LogP contribution is -2.38. The Morgan fingerprint density at radius 1 is 1.27 bits per heavy atom. The van der Waals surface area contributed by atoms with Crippen LogP contribution in [-0.4, -0.2) is 52.2 Å². The molecule has 1 aliphatic heterocycles. The zero-order valence-corrected chi connectivity index (χ0v) is 19.2. The molecule has 2 heterocycles. The van der Waals surface area contributed by atoms with Crippen LogP contribution >= 0.6 is 23.4 Å². The van der Waals surface area contributed by atoms with Crippen molar-refractivity contribution < 1.29 is 13.9 Å². The molecule has 11 heteroatoms. The van der Waals surface area contributed by atoms with E-state index in [1.807, 2.05) is 11.0 Å². The van der Waals surface area contributed by atoms with Crippen molar-refractivity contribution >= 4 is 40.9 Å². The minimum Gasteiger partial charge on any atom is -0.378 e. The Morgan fingerprint density at radius 2 is 2.06 bits per heavy atom. The van der Waals surface area contributed by atoms with E-state index in [-0.39, 0.29) is 16.7 Å². The average molecular weight is 487 g/mol. The molecular formula is C22H20ClFN6O2S. The fourth-order valence-corrected chi connectivity index (χ4v) is 4.37. The summed E-state index contributed by atoms with van der Waals surface area (Å²) in [5, 5.41) is 20.6. The minimum absolute atomic E-state index is 0.261. The molecule has 4 rings (SSSR count). The van der Waals surface area contributed by atoms with Crippen molar-refractivity contribution in [3.8, 4) is 11.8 Å². The van der Waals surface area contributed by atoms with E-state index in [0.717, 1.165) is 0 Å². The number of hydrogen-bond donors (Lipinski definition) is 1. The van der Waals surface area contributed by atoms with Gasteiger partial charge in [0, 0.05) is 18.8 Å². The van der Waals surface area contributed by atoms with Gasteiger partial charge in [-0.25, -0.2) is 4.39 Å². The van der Waals surface area contributed by atoms with Crippen LogP contribution in [0.4, 0.5) is 16.0 Å². The van der Waals surface area contributed by atoms with E-state index in [1.165, 1.54) is 30.0 Å². The summed E-state index contributed by atoms with van der Waals surface area (Å²) in [6.45, 7) is 4.13. The first-order valence-electron chi connectivity index (χ1n) is 10.2. The summed E-state index contributed by atoms with van der Waals surface area (Å²) in [6, 6.07) is 12.8. The quantitative estimate of drug-likeness (QED) is 0.528. The predicted molar refractivity (Wildman–Crippen MR) is 124 cm³/mol. The van der Waals surface area contributed by atoms with Gasteiger partial charge < -0.3 is 15.0 Å². The lowest BCUT2D eigenvalue weighted by Gasteiger charge is -2.28. The van der Waals surface area contributed by atoms with Gasteiger partial charge in [0.25, 0.3) is 0 Å². The monoisotopic (exact) mass is 486 g/mol. The molecule has 1 atom stereocenters. The first kappa shape index (κ1) is 23.0. The van der Waals surface area contributed by atoms with Gasteiger partial charge in [0.05, 0.1) is 34.7 Å². The van der Waals surface area contributed by atoms with Gasteiger partial charge in [-0.2, -0.15) is 5.26 Å². The number of nitriles is 1. The summed E-state index contributed by atoms with van der Waals surface area (Å²) in [5.41, 5.74) is 1.38. The Morgan fingerprint density at radius 3 is 2.76 bits per heavy atom. The lowest BCUT2D eigenvalue weighted by atomic mass is 10.2. The zero-order chi connectivity index (χ0) is 23.4. The smallest absolute Gasteiger partial charge is 0.237 e. The molecule has 8 nitrogen and oxygen atoms in total. The van der Waals surface area contributed by atoms with Crippen LogP contribution in [0, 0.1) is 17.1 Å². The van der Waals surface area contributed by atoms with Crippen LogP contribution in [-0.2, 0) is 9.53 Å². The van der Waals surface area contributed by atoms with E-state index in [4.69, 9.17) is 21.6 Å². The summed E-state index contributed by atoms with van der Waals surface area (Å²) in [6.07, 6.45) is 0. The van der Waals surface area contributed by atoms with E-state index in [2.05, 4.69) is 15.5 Å². The van der Waals surface area contributed by atoms with E-state index >= 15 is 0 Å². The van der Waals surface area contributed by atoms with Gasteiger partial charge in [-0.3, -0.25) is 9.36 Å². The second kappa shape index (κ2) is 10.2. The SMILES string of the molecule is CC(Sc1nnc(N2CCOCC2)n1-c1cccc(F)c1)C(=O)Nc1ccc(C#N)c(Cl)c1. The molecule has 0 aliphatic carbocycles. The standard InChI is InChI=1S/C22H20ClFN6O2S/c1-14(20(31)26-17-6-5-15(13-25)19(23)12-17)33-22-28-27-21(29-7-9-32-10-8-29)30(22)18-4-2-3-16(24)11-18/h2-6,11-12,14H,7-10H2,1H3,(H,26,31). The van der Waals surface area contributed by atoms with Crippen LogP contribution in [0.5, 0.6) is 0 Å². The number of hydrogen-bond acceptors (Lipinski definition) is 7. The van der Waals surface area contributed by atoms with Gasteiger partial charge in [0.15, 0.2) is 5.16 Å². The van der Waals surface area contributed by atoms with Crippen LogP contribution < -0.4 is 10.2 Å². The van der Waals surface area contributed by atoms with Gasteiger partial charge >= 0.3 is 0 Å². The Kier molecular flexibility index (Phi) is 7.13. The molecule has 1 amide bonds. The Balaban J connectivity index is 1.58. The molecule has 1 unspecified atom stereocenters. The molecule has 3 aromatic rings. The number of amides is 1. The Labute approximate surface area is 199 Å². The molecule has 0 radical (unpaired) electrons. The highest BCUT2D eigenvalue weighted by Gasteiger charge is 2.25. The number of rotatable bonds is 6. The number of nitrogens with zero attached hydrogens (tertiary/aromatic N) is 5. The van der Waals surface area contributed by atoms with Crippen LogP contribution in [0.2, 0.25) is 5.02 Å². The number of carbonyl (C=O) groups is 1. The van der Waals surface area contributed by atoms with E-state index in [9.17, 15) is 9.18 Å². The molecule has 0 spiro atoms. The normalized spacial score (nSPS) is 14.5. The Bertz CT molecular complexity index is 1210. The number of benzene rings is 2. The van der Waals surface area contributed by atoms with Crippen molar-refractivity contribution in [3.05, 3.63) is 58.9 Å². The molecule has 1 saturated heterocycles. The third kappa shape index (κ3) is 5.27. The highest BCUT2D eigenvalue weighted by molar-refractivity contribution is 8.00. The predicted octanol–water partition coefficient (Wildman–Crippen LogP) is 3.89. The molecular weight excluding hydrogens is 467 g/mol. The van der Waals surface area contributed by atoms with Crippen molar-refractivity contribution in [3.63, 3.8) is 0 Å². The largest absolute Gasteiger partial charge is 0.378 e. The molecule has 2 aromatic carbocycles. The van der Waals surface area contributed by atoms with Crippen LogP contribution in [0.1, 0.15) is 12.5 Å². The summed E-state index contributed by atoms with van der Waals surface area (Å²) in [4.78, 5) is 14.8. The van der Waals surface area contributed by atoms with Crippen molar-refractivity contribution in [2.45, 2.75) is 17.3 Å². The molecule has 0 saturated carbocycles. The first-order valence-corrected chi connectivity index (χ1v) is 11.4. The molecule has 0 bridgehead atoms. The highest BCUT2D eigenvalue weighted by Crippen LogP contribution is 2.30. The van der Waals surface area contributed by atoms with Crippen molar-refractivity contribution in [2.24, 2.45) is 0 Å². The second-order valence-electron chi connectivity index (χ2n) is 7.25. The first-order chi connectivity index (χ1) is 16.0. The van der Waals surface area contributed by atoms with E-state index in [1.54, 1.807) is 35.8 Å². The maximum absolute atomic E-state index is 14.0. The number of nitrogens with one attached hydrogen (secondary N) is 1. The van der Waals surface area contributed by atoms with Crippen molar-refractivity contribution in [2.75, 3.05) is 36.5 Å². The molecule has 170 valence electrons. The number of thioether (sulfide) groups is 1. The molecule has 1 aromatic heterocycles. The maximum atomic E-state index is 14.0. The number of anilines is 2. The van der Waals surface area contributed by atoms with Crippen LogP contribution in [0.25, 0.3) is 5.69 Å². The topological polar surface area (TPSA) is 96.1 Å². The van der Waals surface area contributed by atoms with Gasteiger partial charge in [-0.1, -0.05) is 29.4 Å². The van der Waals surface area contributed by atoms with Crippen LogP contribution in [0.15, 0.2) is 47.6 Å². The summed E-state index contributed by atoms with van der Waals surface area (Å²) >= 11 is 7.26. The van der Waals surface area contributed by atoms with Gasteiger partial charge in [0.2, 0.25) is 11.9 Å². The van der Waals surface area contributed by atoms with Gasteiger partial charge in [-0.15, -0.1) is 10.2 Å². The number of halogens is 2. The molecule has 1 aliphatic rings. The number of aromatic nitrogens is 3. The van der Waals surface area contributed by atoms with Gasteiger partial charge in [-0.05, 0) is 43.3 Å². The third-order valence-corrected chi connectivity index (χ3v) is 6.34. The fraction of sp³-hybridized carbons (Fsp3) is 0.273. The number of ether oxygens (including phenoxy) is 1. The number of morpholine rings is 1. The van der Waals surface area contributed by atoms with E-state index < -0.39 is 5.25 Å². The second-order valence-corrected chi connectivity index (χ2v) is 8.97. The highest BCUT2D eigenvalue weighted by atomic mass is 35.5. The van der Waals surface area contributed by atoms with Crippen molar-refractivity contribution in [1.29, 1.82) is 5.26 Å². The Hall–Kier alpha value is -3.13. The molecule has 1 fully saturated rings. The fourth-order valence-electron chi connectivity index (χ4n) is 3.29. The summed E-state index contributed by atoms with van der Waals surface area (Å²) < 4.78 is 21.2. The lowest BCUT2D eigenvalue weighted by molar-refractivity contribution is -0.115. The summed E-state index contributed by atoms with van der Waals surface area (Å²) in [7, 11) is 0. The summed E-state index contributed by atoms with van der Waals surface area (Å²) in [5.74, 6) is -0.0889. The minimum atomic E-state index is -0.548. The average Bonchev–Trinajstić information content (AvgIpc) is 3.23. The van der Waals surface area contributed by atoms with Gasteiger partial charge in [0.1, 0.15) is 11.9 Å². The van der Waals surface area contributed by atoms with Crippen molar-refractivity contribution in [1.82, 2.24) is 14.8 Å². The molecule has 1 N–H and O–H groups in total. The molecule has 33 heavy (non-hydrogen) atoms. The van der Waals surface area contributed by atoms with E-state index in [0.29, 0.717) is 54.3 Å². The number of carbonyl (C=O) groups excluding carboxylic acids is 1. The van der Waals surface area contributed by atoms with Crippen LogP contribution in [0.3, 0.4) is 0 Å². The third-order valence-electron chi connectivity index (χ3n) is 4.99.